The van der Waals surface area contributed by atoms with Crippen LogP contribution < -0.4 is 5.32 Å². The Morgan fingerprint density at radius 1 is 1.11 bits per heavy atom. The van der Waals surface area contributed by atoms with Gasteiger partial charge in [0.15, 0.2) is 0 Å². The molecule has 0 aliphatic rings. The van der Waals surface area contributed by atoms with Crippen LogP contribution in [-0.4, -0.2) is 16.3 Å². The van der Waals surface area contributed by atoms with Gasteiger partial charge in [0.2, 0.25) is 0 Å². The number of aromatic nitrogens is 2. The number of hydrogen-bond donors (Lipinski definition) is 1. The summed E-state index contributed by atoms with van der Waals surface area (Å²) in [5, 5.41) is 8.46. The average molecular weight is 265 g/mol. The molecule has 1 N–H and O–H groups in total. The number of nitrogens with zero attached hydrogens (tertiary/aromatic N) is 2. The summed E-state index contributed by atoms with van der Waals surface area (Å²) in [6.45, 7) is 13.3. The van der Waals surface area contributed by atoms with Crippen LogP contribution in [0, 0.1) is 0 Å². The van der Waals surface area contributed by atoms with E-state index in [0.717, 1.165) is 25.9 Å². The molecule has 0 saturated carbocycles. The molecule has 1 aromatic rings. The molecule has 0 fully saturated rings. The van der Waals surface area contributed by atoms with Crippen molar-refractivity contribution in [1.82, 2.24) is 15.1 Å². The van der Waals surface area contributed by atoms with Crippen LogP contribution in [0.5, 0.6) is 0 Å². The fraction of sp³-hybridized carbons (Fsp3) is 0.812. The molecule has 1 heterocycles. The van der Waals surface area contributed by atoms with E-state index in [1.807, 2.05) is 0 Å². The Bertz CT molecular complexity index is 368. The molecule has 0 bridgehead atoms. The number of aryl methyl sites for hydroxylation is 2. The normalized spacial score (nSPS) is 12.9. The van der Waals surface area contributed by atoms with Crippen molar-refractivity contribution in [3.8, 4) is 0 Å². The highest BCUT2D eigenvalue weighted by atomic mass is 15.3. The molecule has 0 aromatic carbocycles. The van der Waals surface area contributed by atoms with Crippen molar-refractivity contribution in [2.45, 2.75) is 79.3 Å². The lowest BCUT2D eigenvalue weighted by Gasteiger charge is -2.16. The summed E-state index contributed by atoms with van der Waals surface area (Å²) >= 11 is 0. The standard InChI is InChI=1S/C16H31N3/c1-6-10-12-19-15(9-4)16(14(8-3)18-19)13(5)17-11-7-2/h13,17H,6-12H2,1-5H3. The van der Waals surface area contributed by atoms with Gasteiger partial charge in [-0.25, -0.2) is 0 Å². The van der Waals surface area contributed by atoms with Crippen LogP contribution in [0.25, 0.3) is 0 Å². The molecule has 0 amide bonds. The molecule has 1 rings (SSSR count). The van der Waals surface area contributed by atoms with Crippen LogP contribution >= 0.6 is 0 Å². The minimum atomic E-state index is 0.417. The van der Waals surface area contributed by atoms with Gasteiger partial charge in [0.05, 0.1) is 5.69 Å². The lowest BCUT2D eigenvalue weighted by Crippen LogP contribution is -2.21. The predicted molar refractivity (Wildman–Crippen MR) is 82.6 cm³/mol. The highest BCUT2D eigenvalue weighted by molar-refractivity contribution is 5.30. The molecule has 1 aromatic heterocycles. The lowest BCUT2D eigenvalue weighted by molar-refractivity contribution is 0.537. The van der Waals surface area contributed by atoms with E-state index >= 15 is 0 Å². The highest BCUT2D eigenvalue weighted by Gasteiger charge is 2.19. The van der Waals surface area contributed by atoms with Crippen molar-refractivity contribution in [3.63, 3.8) is 0 Å². The van der Waals surface area contributed by atoms with Crippen molar-refractivity contribution in [3.05, 3.63) is 17.0 Å². The van der Waals surface area contributed by atoms with Gasteiger partial charge >= 0.3 is 0 Å². The van der Waals surface area contributed by atoms with E-state index in [2.05, 4.69) is 44.6 Å². The maximum absolute atomic E-state index is 4.84. The van der Waals surface area contributed by atoms with Crippen molar-refractivity contribution >= 4 is 0 Å². The van der Waals surface area contributed by atoms with E-state index in [9.17, 15) is 0 Å². The van der Waals surface area contributed by atoms with Crippen LogP contribution in [0.3, 0.4) is 0 Å². The van der Waals surface area contributed by atoms with E-state index in [-0.39, 0.29) is 0 Å². The van der Waals surface area contributed by atoms with Gasteiger partial charge in [0.1, 0.15) is 0 Å². The second-order valence-corrected chi connectivity index (χ2v) is 5.27. The van der Waals surface area contributed by atoms with Gasteiger partial charge in [-0.05, 0) is 39.2 Å². The molecule has 19 heavy (non-hydrogen) atoms. The zero-order valence-corrected chi connectivity index (χ0v) is 13.4. The summed E-state index contributed by atoms with van der Waals surface area (Å²) in [4.78, 5) is 0. The van der Waals surface area contributed by atoms with E-state index in [1.54, 1.807) is 0 Å². The molecule has 1 unspecified atom stereocenters. The topological polar surface area (TPSA) is 29.9 Å². The first kappa shape index (κ1) is 16.2. The zero-order chi connectivity index (χ0) is 14.3. The molecule has 0 aliphatic heterocycles. The predicted octanol–water partition coefficient (Wildman–Crippen LogP) is 3.87. The van der Waals surface area contributed by atoms with Crippen LogP contribution in [0.15, 0.2) is 0 Å². The quantitative estimate of drug-likeness (QED) is 0.734. The number of unbranched alkanes of at least 4 members (excludes halogenated alkanes) is 1. The minimum absolute atomic E-state index is 0.417. The van der Waals surface area contributed by atoms with E-state index in [1.165, 1.54) is 36.2 Å². The summed E-state index contributed by atoms with van der Waals surface area (Å²) in [5.74, 6) is 0. The maximum atomic E-state index is 4.84. The Kier molecular flexibility index (Phi) is 7.14. The highest BCUT2D eigenvalue weighted by Crippen LogP contribution is 2.24. The largest absolute Gasteiger partial charge is 0.310 e. The molecule has 3 heteroatoms. The third kappa shape index (κ3) is 4.07. The first-order valence-corrected chi connectivity index (χ1v) is 8.01. The van der Waals surface area contributed by atoms with E-state index in [0.29, 0.717) is 6.04 Å². The van der Waals surface area contributed by atoms with Gasteiger partial charge in [-0.1, -0.05) is 34.1 Å². The minimum Gasteiger partial charge on any atom is -0.310 e. The van der Waals surface area contributed by atoms with Crippen LogP contribution in [0.2, 0.25) is 0 Å². The van der Waals surface area contributed by atoms with Crippen LogP contribution in [0.4, 0.5) is 0 Å². The molecule has 1 atom stereocenters. The monoisotopic (exact) mass is 265 g/mol. The summed E-state index contributed by atoms with van der Waals surface area (Å²) in [7, 11) is 0. The fourth-order valence-electron chi connectivity index (χ4n) is 2.66. The van der Waals surface area contributed by atoms with Gasteiger partial charge < -0.3 is 5.32 Å². The molecule has 0 aliphatic carbocycles. The molecular weight excluding hydrogens is 234 g/mol. The second-order valence-electron chi connectivity index (χ2n) is 5.27. The maximum Gasteiger partial charge on any atom is 0.0672 e. The van der Waals surface area contributed by atoms with Gasteiger partial charge in [0.25, 0.3) is 0 Å². The van der Waals surface area contributed by atoms with Crippen LogP contribution in [0.1, 0.15) is 76.9 Å². The van der Waals surface area contributed by atoms with Crippen LogP contribution in [-0.2, 0) is 19.4 Å². The number of rotatable bonds is 9. The molecule has 0 saturated heterocycles. The third-order valence-corrected chi connectivity index (χ3v) is 3.70. The first-order valence-electron chi connectivity index (χ1n) is 8.01. The second kappa shape index (κ2) is 8.36. The molecular formula is C16H31N3. The fourth-order valence-corrected chi connectivity index (χ4v) is 2.66. The van der Waals surface area contributed by atoms with Gasteiger partial charge in [-0.3, -0.25) is 4.68 Å². The number of nitrogens with one attached hydrogen (secondary N) is 1. The van der Waals surface area contributed by atoms with E-state index in [4.69, 9.17) is 5.10 Å². The Morgan fingerprint density at radius 3 is 2.37 bits per heavy atom. The molecule has 3 nitrogen and oxygen atoms in total. The van der Waals surface area contributed by atoms with Crippen molar-refractivity contribution < 1.29 is 0 Å². The Labute approximate surface area is 118 Å². The van der Waals surface area contributed by atoms with Gasteiger partial charge in [-0.2, -0.15) is 5.10 Å². The Hall–Kier alpha value is -0.830. The zero-order valence-electron chi connectivity index (χ0n) is 13.4. The molecule has 110 valence electrons. The first-order chi connectivity index (χ1) is 9.19. The van der Waals surface area contributed by atoms with E-state index < -0.39 is 0 Å². The molecule has 0 radical (unpaired) electrons. The summed E-state index contributed by atoms with van der Waals surface area (Å²) in [5.41, 5.74) is 4.17. The van der Waals surface area contributed by atoms with Gasteiger partial charge in [0, 0.05) is 23.8 Å². The smallest absolute Gasteiger partial charge is 0.0672 e. The Balaban J connectivity index is 3.01. The summed E-state index contributed by atoms with van der Waals surface area (Å²) < 4.78 is 2.25. The van der Waals surface area contributed by atoms with Gasteiger partial charge in [-0.15, -0.1) is 0 Å². The lowest BCUT2D eigenvalue weighted by atomic mass is 10.0. The number of hydrogen-bond acceptors (Lipinski definition) is 2. The Morgan fingerprint density at radius 2 is 1.84 bits per heavy atom. The SMILES string of the molecule is CCCCn1nc(CC)c(C(C)NCCC)c1CC. The van der Waals surface area contributed by atoms with Crippen molar-refractivity contribution in [2.24, 2.45) is 0 Å². The average Bonchev–Trinajstić information content (AvgIpc) is 2.80. The van der Waals surface area contributed by atoms with Crippen molar-refractivity contribution in [1.29, 1.82) is 0 Å². The third-order valence-electron chi connectivity index (χ3n) is 3.70. The van der Waals surface area contributed by atoms with Crippen molar-refractivity contribution in [2.75, 3.05) is 6.54 Å². The molecule has 0 spiro atoms. The summed E-state index contributed by atoms with van der Waals surface area (Å²) in [6, 6.07) is 0.417. The summed E-state index contributed by atoms with van der Waals surface area (Å²) in [6.07, 6.45) is 5.72.